The molecule has 1 aliphatic heterocycles. The normalized spacial score (nSPS) is 23.5. The maximum Gasteiger partial charge on any atom is 0.316 e. The van der Waals surface area contributed by atoms with Crippen LogP contribution < -0.4 is 21.7 Å². The number of hydrogen-bond donors (Lipinski definition) is 4. The minimum Gasteiger partial charge on any atom is -0.363 e. The van der Waals surface area contributed by atoms with Crippen LogP contribution in [-0.2, 0) is 24.0 Å². The maximum atomic E-state index is 14.1. The van der Waals surface area contributed by atoms with E-state index in [0.29, 0.717) is 19.4 Å². The van der Waals surface area contributed by atoms with Crippen LogP contribution in [0.4, 0.5) is 4.79 Å². The zero-order chi connectivity index (χ0) is 31.4. The van der Waals surface area contributed by atoms with Gasteiger partial charge in [-0.25, -0.2) is 4.79 Å². The van der Waals surface area contributed by atoms with E-state index in [0.717, 1.165) is 44.9 Å². The van der Waals surface area contributed by atoms with Gasteiger partial charge in [-0.05, 0) is 61.7 Å². The van der Waals surface area contributed by atoms with Gasteiger partial charge in [-0.15, -0.1) is 0 Å². The lowest BCUT2D eigenvalue weighted by atomic mass is 9.82. The van der Waals surface area contributed by atoms with Crippen LogP contribution in [-0.4, -0.2) is 70.9 Å². The molecule has 5 atom stereocenters. The number of ketones is 2. The van der Waals surface area contributed by atoms with E-state index < -0.39 is 59.1 Å². The molecule has 11 nitrogen and oxygen atoms in total. The van der Waals surface area contributed by atoms with Crippen LogP contribution >= 0.6 is 0 Å². The van der Waals surface area contributed by atoms with E-state index in [-0.39, 0.29) is 29.5 Å². The first-order valence-corrected chi connectivity index (χ1v) is 15.6. The van der Waals surface area contributed by atoms with Gasteiger partial charge in [-0.3, -0.25) is 24.0 Å². The second-order valence-corrected chi connectivity index (χ2v) is 14.0. The van der Waals surface area contributed by atoms with Gasteiger partial charge in [0.1, 0.15) is 12.1 Å². The molecule has 3 aliphatic rings. The summed E-state index contributed by atoms with van der Waals surface area (Å²) in [7, 11) is 0. The van der Waals surface area contributed by atoms with Gasteiger partial charge in [0.05, 0.1) is 12.1 Å². The Morgan fingerprint density at radius 2 is 1.50 bits per heavy atom. The third-order valence-electron chi connectivity index (χ3n) is 9.23. The first-order chi connectivity index (χ1) is 19.6. The van der Waals surface area contributed by atoms with Gasteiger partial charge in [-0.1, -0.05) is 66.7 Å². The molecule has 1 saturated heterocycles. The highest BCUT2D eigenvalue weighted by Crippen LogP contribution is 2.36. The fourth-order valence-corrected chi connectivity index (χ4v) is 6.59. The molecule has 3 fully saturated rings. The summed E-state index contributed by atoms with van der Waals surface area (Å²) < 4.78 is 0. The van der Waals surface area contributed by atoms with E-state index in [1.54, 1.807) is 0 Å². The topological polar surface area (TPSA) is 168 Å². The number of carbonyl (C=O) groups excluding carboxylic acids is 6. The number of nitrogens with two attached hydrogens (primary N) is 1. The summed E-state index contributed by atoms with van der Waals surface area (Å²) in [5, 5.41) is 8.42. The highest BCUT2D eigenvalue weighted by molar-refractivity contribution is 6.37. The minimum atomic E-state index is -1.10. The Hall–Kier alpha value is -2.98. The van der Waals surface area contributed by atoms with E-state index in [9.17, 15) is 28.8 Å². The van der Waals surface area contributed by atoms with Crippen molar-refractivity contribution in [3.63, 3.8) is 0 Å². The van der Waals surface area contributed by atoms with E-state index in [2.05, 4.69) is 16.0 Å². The summed E-state index contributed by atoms with van der Waals surface area (Å²) in [6.07, 6.45) is 7.65. The Kier molecular flexibility index (Phi) is 11.2. The van der Waals surface area contributed by atoms with Crippen molar-refractivity contribution >= 4 is 35.3 Å². The number of primary amides is 1. The largest absolute Gasteiger partial charge is 0.363 e. The van der Waals surface area contributed by atoms with E-state index in [4.69, 9.17) is 5.73 Å². The van der Waals surface area contributed by atoms with Gasteiger partial charge in [0.2, 0.25) is 17.6 Å². The summed E-state index contributed by atoms with van der Waals surface area (Å²) in [4.78, 5) is 79.4. The molecule has 1 heterocycles. The molecular weight excluding hydrogens is 538 g/mol. The Labute approximate surface area is 249 Å². The van der Waals surface area contributed by atoms with Gasteiger partial charge in [0, 0.05) is 6.54 Å². The summed E-state index contributed by atoms with van der Waals surface area (Å²) in [5.41, 5.74) is 4.57. The molecular formula is C31H51N5O6. The Balaban J connectivity index is 1.80. The van der Waals surface area contributed by atoms with Gasteiger partial charge in [-0.2, -0.15) is 0 Å². The molecule has 2 aliphatic carbocycles. The van der Waals surface area contributed by atoms with Crippen LogP contribution in [0.2, 0.25) is 0 Å². The number of amides is 5. The molecule has 0 aromatic carbocycles. The highest BCUT2D eigenvalue weighted by atomic mass is 16.2. The molecule has 11 heteroatoms. The molecule has 1 unspecified atom stereocenters. The summed E-state index contributed by atoms with van der Waals surface area (Å²) >= 11 is 0. The summed E-state index contributed by atoms with van der Waals surface area (Å²) in [6.45, 7) is 11.3. The number of nitrogens with zero attached hydrogens (tertiary/aromatic N) is 1. The van der Waals surface area contributed by atoms with Crippen LogP contribution in [0.25, 0.3) is 0 Å². The minimum absolute atomic E-state index is 0.0587. The second-order valence-electron chi connectivity index (χ2n) is 14.0. The van der Waals surface area contributed by atoms with Crippen molar-refractivity contribution in [3.05, 3.63) is 0 Å². The number of nitrogens with one attached hydrogen (secondary N) is 3. The number of Topliss-reactive ketones (excluding diaryl/α,β-unsaturated/α-hetero) is 2. The monoisotopic (exact) mass is 589 g/mol. The standard InChI is InChI=1S/C31H51N5O6/c1-17(2)21-14-15-36(24(21)28(40)33-22(16-19-12-13-19)25(38)27(32)39)29(41)26(31(4,5)6)35-30(42)34-23(18(3)37)20-10-8-7-9-11-20/h17,19-24,26H,7-16H2,1-6H3,(H2,32,39)(H,33,40)(H2,34,35,42)/t21-,22?,23-,24+,26-/m1/s1. The second kappa shape index (κ2) is 14.0. The predicted molar refractivity (Wildman–Crippen MR) is 158 cm³/mol. The molecule has 0 aromatic rings. The van der Waals surface area contributed by atoms with Crippen molar-refractivity contribution in [2.45, 2.75) is 123 Å². The number of likely N-dealkylation sites (tertiary alicyclic amines) is 1. The number of urea groups is 1. The van der Waals surface area contributed by atoms with Crippen LogP contribution in [0.3, 0.4) is 0 Å². The Bertz CT molecular complexity index is 1040. The zero-order valence-corrected chi connectivity index (χ0v) is 26.2. The molecule has 0 bridgehead atoms. The van der Waals surface area contributed by atoms with Gasteiger partial charge < -0.3 is 26.6 Å². The van der Waals surface area contributed by atoms with Crippen molar-refractivity contribution in [1.29, 1.82) is 0 Å². The lowest BCUT2D eigenvalue weighted by Crippen LogP contribution is -2.62. The van der Waals surface area contributed by atoms with Crippen LogP contribution in [0.1, 0.15) is 99.3 Å². The number of hydrogen-bond acceptors (Lipinski definition) is 6. The van der Waals surface area contributed by atoms with E-state index >= 15 is 0 Å². The SMILES string of the molecule is CC(=O)[C@@H](NC(=O)N[C@H](C(=O)N1CC[C@H](C(C)C)[C@H]1C(=O)NC(CC1CC1)C(=O)C(N)=O)C(C)(C)C)C1CCCCC1. The van der Waals surface area contributed by atoms with E-state index in [1.165, 1.54) is 11.8 Å². The maximum absolute atomic E-state index is 14.1. The molecule has 236 valence electrons. The molecule has 3 rings (SSSR count). The lowest BCUT2D eigenvalue weighted by molar-refractivity contribution is -0.144. The van der Waals surface area contributed by atoms with Gasteiger partial charge in [0.15, 0.2) is 5.78 Å². The first-order valence-electron chi connectivity index (χ1n) is 15.6. The molecule has 0 aromatic heterocycles. The quantitative estimate of drug-likeness (QED) is 0.255. The van der Waals surface area contributed by atoms with E-state index in [1.807, 2.05) is 34.6 Å². The molecule has 0 spiro atoms. The van der Waals surface area contributed by atoms with Gasteiger partial charge in [0.25, 0.3) is 5.91 Å². The summed E-state index contributed by atoms with van der Waals surface area (Å²) in [6, 6.07) is -4.10. The smallest absolute Gasteiger partial charge is 0.316 e. The van der Waals surface area contributed by atoms with Crippen LogP contribution in [0.5, 0.6) is 0 Å². The van der Waals surface area contributed by atoms with Crippen LogP contribution in [0.15, 0.2) is 0 Å². The fourth-order valence-electron chi connectivity index (χ4n) is 6.59. The zero-order valence-electron chi connectivity index (χ0n) is 26.2. The number of rotatable bonds is 12. The Morgan fingerprint density at radius 3 is 2.00 bits per heavy atom. The average molecular weight is 590 g/mol. The average Bonchev–Trinajstić information content (AvgIpc) is 3.61. The first kappa shape index (κ1) is 33.5. The lowest BCUT2D eigenvalue weighted by Gasteiger charge is -2.37. The highest BCUT2D eigenvalue weighted by Gasteiger charge is 2.48. The predicted octanol–water partition coefficient (Wildman–Crippen LogP) is 2.45. The van der Waals surface area contributed by atoms with Crippen LogP contribution in [0, 0.1) is 29.1 Å². The fraction of sp³-hybridized carbons (Fsp3) is 0.806. The van der Waals surface area contributed by atoms with Crippen molar-refractivity contribution in [3.8, 4) is 0 Å². The van der Waals surface area contributed by atoms with Gasteiger partial charge >= 0.3 is 6.03 Å². The number of carbonyl (C=O) groups is 6. The third-order valence-corrected chi connectivity index (χ3v) is 9.23. The van der Waals surface area contributed by atoms with Crippen molar-refractivity contribution in [2.75, 3.05) is 6.54 Å². The molecule has 5 amide bonds. The van der Waals surface area contributed by atoms with Crippen molar-refractivity contribution in [2.24, 2.45) is 34.8 Å². The third kappa shape index (κ3) is 8.53. The molecule has 5 N–H and O–H groups in total. The Morgan fingerprint density at radius 1 is 0.881 bits per heavy atom. The summed E-state index contributed by atoms with van der Waals surface area (Å²) in [5.74, 6) is -2.75. The van der Waals surface area contributed by atoms with Crippen molar-refractivity contribution < 1.29 is 28.8 Å². The van der Waals surface area contributed by atoms with Crippen molar-refractivity contribution in [1.82, 2.24) is 20.9 Å². The molecule has 0 radical (unpaired) electrons. The molecule has 2 saturated carbocycles. The molecule has 42 heavy (non-hydrogen) atoms.